The molecule has 2 aliphatic rings. The molecule has 2 aromatic rings. The van der Waals surface area contributed by atoms with Gasteiger partial charge in [-0.05, 0) is 55.0 Å². The maximum atomic E-state index is 13.4. The first kappa shape index (κ1) is 26.3. The molecule has 1 amide bonds. The summed E-state index contributed by atoms with van der Waals surface area (Å²) in [4.78, 5) is 40.0. The predicted molar refractivity (Wildman–Crippen MR) is 139 cm³/mol. The van der Waals surface area contributed by atoms with Crippen LogP contribution in [0.5, 0.6) is 0 Å². The number of hydrogen-bond acceptors (Lipinski definition) is 5. The summed E-state index contributed by atoms with van der Waals surface area (Å²) < 4.78 is 0.950. The molecule has 0 spiro atoms. The van der Waals surface area contributed by atoms with E-state index in [0.717, 1.165) is 40.3 Å². The Morgan fingerprint density at radius 3 is 2.31 bits per heavy atom. The van der Waals surface area contributed by atoms with Crippen LogP contribution < -0.4 is 10.6 Å². The highest BCUT2D eigenvalue weighted by atomic mass is 79.9. The molecule has 2 heterocycles. The number of aryl methyl sites for hydroxylation is 1. The van der Waals surface area contributed by atoms with Crippen molar-refractivity contribution in [3.8, 4) is 0 Å². The average Bonchev–Trinajstić information content (AvgIpc) is 2.73. The van der Waals surface area contributed by atoms with Crippen molar-refractivity contribution in [1.29, 1.82) is 0 Å². The number of carboxylic acid groups (broad SMARTS) is 1. The topological polar surface area (TPSA) is 108 Å². The van der Waals surface area contributed by atoms with Crippen molar-refractivity contribution in [1.82, 2.24) is 10.3 Å². The number of rotatable bonds is 3. The van der Waals surface area contributed by atoms with E-state index in [9.17, 15) is 9.59 Å². The molecule has 3 N–H and O–H groups in total. The van der Waals surface area contributed by atoms with Crippen LogP contribution in [0.4, 0.5) is 5.82 Å². The average molecular weight is 540 g/mol. The number of aliphatic carboxylic acids is 1. The highest BCUT2D eigenvalue weighted by Crippen LogP contribution is 2.46. The van der Waals surface area contributed by atoms with Gasteiger partial charge in [-0.15, -0.1) is 0 Å². The van der Waals surface area contributed by atoms with Crippen molar-refractivity contribution >= 4 is 39.4 Å². The van der Waals surface area contributed by atoms with Crippen LogP contribution in [0.15, 0.2) is 69.6 Å². The molecule has 0 saturated heterocycles. The van der Waals surface area contributed by atoms with E-state index in [1.165, 1.54) is 0 Å². The van der Waals surface area contributed by atoms with Crippen LogP contribution in [0, 0.1) is 12.3 Å². The summed E-state index contributed by atoms with van der Waals surface area (Å²) in [6, 6.07) is 11.5. The van der Waals surface area contributed by atoms with Crippen molar-refractivity contribution in [2.45, 2.75) is 53.4 Å². The minimum Gasteiger partial charge on any atom is -0.481 e. The molecule has 1 aliphatic carbocycles. The normalized spacial score (nSPS) is 18.7. The second-order valence-electron chi connectivity index (χ2n) is 9.68. The molecule has 7 nitrogen and oxygen atoms in total. The number of aromatic nitrogens is 1. The number of nitrogens with zero attached hydrogens (tertiary/aromatic N) is 1. The molecule has 0 fully saturated rings. The third-order valence-electron chi connectivity index (χ3n) is 5.84. The maximum Gasteiger partial charge on any atom is 0.300 e. The zero-order valence-electron chi connectivity index (χ0n) is 20.5. The Morgan fingerprint density at radius 2 is 1.74 bits per heavy atom. The number of allylic oxidation sites excluding steroid dienone is 3. The minimum atomic E-state index is -0.833. The molecular weight excluding hydrogens is 510 g/mol. The number of carbonyl (C=O) groups is 3. The number of ketones is 1. The Bertz CT molecular complexity index is 1210. The Hall–Kier alpha value is -3.26. The van der Waals surface area contributed by atoms with Crippen LogP contribution in [-0.2, 0) is 14.4 Å². The van der Waals surface area contributed by atoms with E-state index in [0.29, 0.717) is 23.4 Å². The molecule has 184 valence electrons. The van der Waals surface area contributed by atoms with Gasteiger partial charge in [-0.25, -0.2) is 4.98 Å². The fourth-order valence-electron chi connectivity index (χ4n) is 4.45. The summed E-state index contributed by atoms with van der Waals surface area (Å²) in [7, 11) is 0. The van der Waals surface area contributed by atoms with Crippen LogP contribution in [0.3, 0.4) is 0 Å². The van der Waals surface area contributed by atoms with Gasteiger partial charge in [0.15, 0.2) is 5.78 Å². The van der Waals surface area contributed by atoms with E-state index >= 15 is 0 Å². The number of halogens is 1. The Morgan fingerprint density at radius 1 is 1.11 bits per heavy atom. The van der Waals surface area contributed by atoms with Gasteiger partial charge >= 0.3 is 0 Å². The molecule has 0 saturated carbocycles. The largest absolute Gasteiger partial charge is 0.481 e. The summed E-state index contributed by atoms with van der Waals surface area (Å²) in [5.41, 5.74) is 4.78. The van der Waals surface area contributed by atoms with Crippen molar-refractivity contribution in [2.24, 2.45) is 5.41 Å². The summed E-state index contributed by atoms with van der Waals surface area (Å²) in [5.74, 6) is -0.920. The number of dihydropyridines is 1. The number of amides is 1. The highest BCUT2D eigenvalue weighted by molar-refractivity contribution is 9.10. The predicted octanol–water partition coefficient (Wildman–Crippen LogP) is 5.49. The third kappa shape index (κ3) is 6.45. The van der Waals surface area contributed by atoms with Gasteiger partial charge in [0.05, 0.1) is 0 Å². The summed E-state index contributed by atoms with van der Waals surface area (Å²) in [5, 5.41) is 13.7. The third-order valence-corrected chi connectivity index (χ3v) is 6.37. The minimum absolute atomic E-state index is 0.0953. The van der Waals surface area contributed by atoms with Crippen LogP contribution in [0.25, 0.3) is 0 Å². The van der Waals surface area contributed by atoms with Gasteiger partial charge in [0, 0.05) is 52.5 Å². The highest BCUT2D eigenvalue weighted by Gasteiger charge is 2.42. The van der Waals surface area contributed by atoms with Gasteiger partial charge in [-0.3, -0.25) is 14.4 Å². The van der Waals surface area contributed by atoms with Crippen LogP contribution >= 0.6 is 15.9 Å². The first-order valence-corrected chi connectivity index (χ1v) is 12.1. The van der Waals surface area contributed by atoms with E-state index < -0.39 is 11.9 Å². The fraction of sp³-hybridized carbons (Fsp3) is 0.333. The molecular formula is C27H30BrN3O4. The Kier molecular flexibility index (Phi) is 7.95. The van der Waals surface area contributed by atoms with E-state index in [1.54, 1.807) is 12.3 Å². The van der Waals surface area contributed by atoms with Crippen molar-refractivity contribution in [3.05, 3.63) is 80.7 Å². The lowest BCUT2D eigenvalue weighted by Gasteiger charge is -2.39. The van der Waals surface area contributed by atoms with Crippen LogP contribution in [-0.4, -0.2) is 27.8 Å². The second kappa shape index (κ2) is 10.6. The molecule has 1 aromatic carbocycles. The number of nitrogens with one attached hydrogen (secondary N) is 2. The van der Waals surface area contributed by atoms with Crippen LogP contribution in [0.2, 0.25) is 0 Å². The number of carbonyl (C=O) groups excluding carboxylic acids is 2. The molecule has 1 aromatic heterocycles. The molecule has 0 bridgehead atoms. The zero-order valence-corrected chi connectivity index (χ0v) is 22.1. The quantitative estimate of drug-likeness (QED) is 0.476. The second-order valence-corrected chi connectivity index (χ2v) is 10.6. The number of carboxylic acids is 1. The zero-order chi connectivity index (χ0) is 25.9. The smallest absolute Gasteiger partial charge is 0.300 e. The lowest BCUT2D eigenvalue weighted by molar-refractivity contribution is -0.134. The Labute approximate surface area is 213 Å². The maximum absolute atomic E-state index is 13.4. The molecule has 1 aliphatic heterocycles. The lowest BCUT2D eigenvalue weighted by Crippen LogP contribution is -2.39. The van der Waals surface area contributed by atoms with Gasteiger partial charge in [0.25, 0.3) is 11.9 Å². The summed E-state index contributed by atoms with van der Waals surface area (Å²) in [6.07, 6.45) is 2.95. The van der Waals surface area contributed by atoms with Gasteiger partial charge in [0.1, 0.15) is 5.82 Å². The Balaban J connectivity index is 0.000000795. The number of hydrogen-bond donors (Lipinski definition) is 3. The molecule has 8 heteroatoms. The lowest BCUT2D eigenvalue weighted by atomic mass is 9.68. The number of Topliss-reactive ketones (excluding diaryl/α,β-unsaturated/α-hetero) is 1. The van der Waals surface area contributed by atoms with E-state index in [1.807, 2.05) is 44.2 Å². The number of anilines is 1. The van der Waals surface area contributed by atoms with E-state index in [2.05, 4.69) is 45.4 Å². The van der Waals surface area contributed by atoms with Gasteiger partial charge in [0.2, 0.25) is 0 Å². The molecule has 1 atom stereocenters. The van der Waals surface area contributed by atoms with Crippen molar-refractivity contribution in [2.75, 3.05) is 5.32 Å². The van der Waals surface area contributed by atoms with E-state index in [-0.39, 0.29) is 17.1 Å². The fourth-order valence-corrected chi connectivity index (χ4v) is 4.72. The SMILES string of the molecule is CC(=O)O.CC1=C(C(=O)Nc2ccc(C)cn2)C(c2ccc(Br)cc2)C2=C(CC(C)(C)CC2=O)N1. The first-order chi connectivity index (χ1) is 16.4. The molecule has 0 radical (unpaired) electrons. The van der Waals surface area contributed by atoms with Gasteiger partial charge in [-0.2, -0.15) is 0 Å². The summed E-state index contributed by atoms with van der Waals surface area (Å²) in [6.45, 7) is 9.15. The molecule has 1 unspecified atom stereocenters. The number of pyridine rings is 1. The van der Waals surface area contributed by atoms with Gasteiger partial charge in [-0.1, -0.05) is 48.0 Å². The van der Waals surface area contributed by atoms with Crippen LogP contribution in [0.1, 0.15) is 57.6 Å². The standard InChI is InChI=1S/C25H26BrN3O2.C2H4O2/c1-14-5-10-20(27-13-14)29-24(31)21-15(2)28-18-11-25(3,4)12-19(30)23(18)22(21)16-6-8-17(26)9-7-16;1-2(3)4/h5-10,13,22,28H,11-12H2,1-4H3,(H,27,29,31);1H3,(H,3,4). The van der Waals surface area contributed by atoms with Crippen molar-refractivity contribution < 1.29 is 19.5 Å². The summed E-state index contributed by atoms with van der Waals surface area (Å²) >= 11 is 3.48. The molecule has 35 heavy (non-hydrogen) atoms. The monoisotopic (exact) mass is 539 g/mol. The van der Waals surface area contributed by atoms with E-state index in [4.69, 9.17) is 9.90 Å². The first-order valence-electron chi connectivity index (χ1n) is 11.3. The molecule has 4 rings (SSSR count). The number of benzene rings is 1. The van der Waals surface area contributed by atoms with Gasteiger partial charge < -0.3 is 15.7 Å². The van der Waals surface area contributed by atoms with Crippen molar-refractivity contribution in [3.63, 3.8) is 0 Å².